The van der Waals surface area contributed by atoms with Crippen LogP contribution in [0.2, 0.25) is 0 Å². The van der Waals surface area contributed by atoms with Crippen LogP contribution in [0.1, 0.15) is 30.2 Å². The SMILES string of the molecule is Cc1sc(Br)cc1S(=O)(=O)NC1CCCC1n1ccnc1. The highest BCUT2D eigenvalue weighted by Crippen LogP contribution is 2.33. The minimum absolute atomic E-state index is 0.0812. The Labute approximate surface area is 136 Å². The number of thiophene rings is 1. The van der Waals surface area contributed by atoms with Crippen LogP contribution >= 0.6 is 27.3 Å². The van der Waals surface area contributed by atoms with E-state index in [0.29, 0.717) is 4.90 Å². The van der Waals surface area contributed by atoms with E-state index < -0.39 is 10.0 Å². The Hall–Kier alpha value is -0.700. The standard InChI is InChI=1S/C13H16BrN3O2S2/c1-9-12(7-13(14)20-9)21(18,19)16-10-3-2-4-11(10)17-6-5-15-8-17/h5-8,10-11,16H,2-4H2,1H3. The lowest BCUT2D eigenvalue weighted by molar-refractivity contribution is 0.431. The highest BCUT2D eigenvalue weighted by molar-refractivity contribution is 9.11. The first-order valence-corrected chi connectivity index (χ1v) is 9.82. The van der Waals surface area contributed by atoms with E-state index in [1.807, 2.05) is 17.7 Å². The molecule has 3 rings (SSSR count). The molecule has 1 aliphatic carbocycles. The Morgan fingerprint density at radius 3 is 2.90 bits per heavy atom. The van der Waals surface area contributed by atoms with Crippen LogP contribution in [0.15, 0.2) is 33.5 Å². The van der Waals surface area contributed by atoms with E-state index in [0.717, 1.165) is 27.9 Å². The van der Waals surface area contributed by atoms with Gasteiger partial charge in [0.15, 0.2) is 0 Å². The van der Waals surface area contributed by atoms with Crippen molar-refractivity contribution in [2.75, 3.05) is 0 Å². The zero-order valence-corrected chi connectivity index (χ0v) is 14.7. The van der Waals surface area contributed by atoms with Crippen molar-refractivity contribution in [3.05, 3.63) is 33.5 Å². The molecule has 0 aromatic carbocycles. The Bertz CT molecular complexity index is 725. The Kier molecular flexibility index (Phi) is 4.22. The average Bonchev–Trinajstić information content (AvgIpc) is 3.09. The molecule has 8 heteroatoms. The zero-order valence-electron chi connectivity index (χ0n) is 11.5. The molecule has 1 saturated carbocycles. The lowest BCUT2D eigenvalue weighted by Gasteiger charge is -2.22. The minimum Gasteiger partial charge on any atom is -0.333 e. The molecule has 1 N–H and O–H groups in total. The van der Waals surface area contributed by atoms with Crippen molar-refractivity contribution in [1.29, 1.82) is 0 Å². The lowest BCUT2D eigenvalue weighted by atomic mass is 10.2. The highest BCUT2D eigenvalue weighted by Gasteiger charge is 2.33. The summed E-state index contributed by atoms with van der Waals surface area (Å²) in [6.45, 7) is 1.83. The van der Waals surface area contributed by atoms with Crippen molar-refractivity contribution in [2.24, 2.45) is 0 Å². The molecule has 0 amide bonds. The van der Waals surface area contributed by atoms with Gasteiger partial charge in [-0.15, -0.1) is 11.3 Å². The van der Waals surface area contributed by atoms with E-state index in [1.54, 1.807) is 18.6 Å². The third-order valence-corrected chi connectivity index (χ3v) is 7.12. The molecule has 1 fully saturated rings. The monoisotopic (exact) mass is 389 g/mol. The van der Waals surface area contributed by atoms with Gasteiger partial charge >= 0.3 is 0 Å². The Morgan fingerprint density at radius 1 is 1.48 bits per heavy atom. The largest absolute Gasteiger partial charge is 0.333 e. The van der Waals surface area contributed by atoms with Crippen molar-refractivity contribution in [1.82, 2.24) is 14.3 Å². The Balaban J connectivity index is 1.83. The average molecular weight is 390 g/mol. The van der Waals surface area contributed by atoms with Gasteiger partial charge < -0.3 is 4.57 Å². The molecule has 0 aliphatic heterocycles. The lowest BCUT2D eigenvalue weighted by Crippen LogP contribution is -2.38. The molecule has 2 atom stereocenters. The molecule has 5 nitrogen and oxygen atoms in total. The number of aryl methyl sites for hydroxylation is 1. The summed E-state index contributed by atoms with van der Waals surface area (Å²) in [5.74, 6) is 0. The van der Waals surface area contributed by atoms with E-state index in [-0.39, 0.29) is 12.1 Å². The second kappa shape index (κ2) is 5.83. The van der Waals surface area contributed by atoms with Crippen molar-refractivity contribution in [3.8, 4) is 0 Å². The maximum Gasteiger partial charge on any atom is 0.242 e. The number of imidazole rings is 1. The molecular formula is C13H16BrN3O2S2. The number of rotatable bonds is 4. The molecule has 2 heterocycles. The summed E-state index contributed by atoms with van der Waals surface area (Å²) >= 11 is 4.78. The molecule has 114 valence electrons. The number of nitrogens with zero attached hydrogens (tertiary/aromatic N) is 2. The molecule has 2 aromatic rings. The molecule has 2 aromatic heterocycles. The van der Waals surface area contributed by atoms with Crippen LogP contribution in [0.5, 0.6) is 0 Å². The molecule has 0 radical (unpaired) electrons. The van der Waals surface area contributed by atoms with Gasteiger partial charge in [-0.1, -0.05) is 0 Å². The van der Waals surface area contributed by atoms with Gasteiger partial charge in [0.2, 0.25) is 10.0 Å². The van der Waals surface area contributed by atoms with E-state index in [9.17, 15) is 8.42 Å². The van der Waals surface area contributed by atoms with Crippen LogP contribution in [0.3, 0.4) is 0 Å². The number of aromatic nitrogens is 2. The predicted octanol–water partition coefficient (Wildman–Crippen LogP) is 3.09. The van der Waals surface area contributed by atoms with Crippen LogP contribution < -0.4 is 4.72 Å². The van der Waals surface area contributed by atoms with Crippen molar-refractivity contribution >= 4 is 37.3 Å². The summed E-state index contributed by atoms with van der Waals surface area (Å²) in [7, 11) is -3.48. The summed E-state index contributed by atoms with van der Waals surface area (Å²) in [4.78, 5) is 5.22. The topological polar surface area (TPSA) is 64.0 Å². The van der Waals surface area contributed by atoms with Gasteiger partial charge in [-0.3, -0.25) is 0 Å². The van der Waals surface area contributed by atoms with Crippen LogP contribution in [0.25, 0.3) is 0 Å². The van der Waals surface area contributed by atoms with Crippen molar-refractivity contribution in [3.63, 3.8) is 0 Å². The summed E-state index contributed by atoms with van der Waals surface area (Å²) in [6.07, 6.45) is 8.21. The maximum absolute atomic E-state index is 12.6. The molecule has 0 saturated heterocycles. The van der Waals surface area contributed by atoms with E-state index in [2.05, 4.69) is 25.6 Å². The van der Waals surface area contributed by atoms with E-state index >= 15 is 0 Å². The maximum atomic E-state index is 12.6. The quantitative estimate of drug-likeness (QED) is 0.873. The van der Waals surface area contributed by atoms with Gasteiger partial charge in [-0.05, 0) is 48.2 Å². The Morgan fingerprint density at radius 2 is 2.29 bits per heavy atom. The summed E-state index contributed by atoms with van der Waals surface area (Å²) < 4.78 is 30.9. The molecule has 0 bridgehead atoms. The first-order chi connectivity index (χ1) is 9.97. The van der Waals surface area contributed by atoms with Gasteiger partial charge in [0.1, 0.15) is 0 Å². The summed E-state index contributed by atoms with van der Waals surface area (Å²) in [5, 5.41) is 0. The number of hydrogen-bond donors (Lipinski definition) is 1. The number of hydrogen-bond acceptors (Lipinski definition) is 4. The van der Waals surface area contributed by atoms with Crippen LogP contribution in [-0.2, 0) is 10.0 Å². The summed E-state index contributed by atoms with van der Waals surface area (Å²) in [6, 6.07) is 1.73. The van der Waals surface area contributed by atoms with E-state index in [4.69, 9.17) is 0 Å². The second-order valence-electron chi connectivity index (χ2n) is 5.21. The number of nitrogens with one attached hydrogen (secondary N) is 1. The fraction of sp³-hybridized carbons (Fsp3) is 0.462. The highest BCUT2D eigenvalue weighted by atomic mass is 79.9. The molecule has 1 aliphatic rings. The third kappa shape index (κ3) is 3.08. The number of halogens is 1. The molecule has 0 spiro atoms. The fourth-order valence-electron chi connectivity index (χ4n) is 2.86. The van der Waals surface area contributed by atoms with Gasteiger partial charge in [0, 0.05) is 23.3 Å². The predicted molar refractivity (Wildman–Crippen MR) is 86.0 cm³/mol. The first-order valence-electron chi connectivity index (χ1n) is 6.73. The third-order valence-electron chi connectivity index (χ3n) is 3.83. The van der Waals surface area contributed by atoms with Crippen LogP contribution in [0.4, 0.5) is 0 Å². The molecule has 21 heavy (non-hydrogen) atoms. The minimum atomic E-state index is -3.48. The molecule has 2 unspecified atom stereocenters. The first kappa shape index (κ1) is 15.2. The normalized spacial score (nSPS) is 22.8. The summed E-state index contributed by atoms with van der Waals surface area (Å²) in [5.41, 5.74) is 0. The van der Waals surface area contributed by atoms with Gasteiger partial charge in [-0.25, -0.2) is 18.1 Å². The number of sulfonamides is 1. The molecular weight excluding hydrogens is 374 g/mol. The van der Waals surface area contributed by atoms with Crippen LogP contribution in [0, 0.1) is 6.92 Å². The van der Waals surface area contributed by atoms with Gasteiger partial charge in [0.25, 0.3) is 0 Å². The van der Waals surface area contributed by atoms with Crippen molar-refractivity contribution < 1.29 is 8.42 Å². The van der Waals surface area contributed by atoms with Crippen LogP contribution in [-0.4, -0.2) is 24.0 Å². The second-order valence-corrected chi connectivity index (χ2v) is 9.52. The zero-order chi connectivity index (χ0) is 15.0. The smallest absolute Gasteiger partial charge is 0.242 e. The van der Waals surface area contributed by atoms with Gasteiger partial charge in [0.05, 0.1) is 21.1 Å². The van der Waals surface area contributed by atoms with E-state index in [1.165, 1.54) is 11.3 Å². The fourth-order valence-corrected chi connectivity index (χ4v) is 6.58. The van der Waals surface area contributed by atoms with Gasteiger partial charge in [-0.2, -0.15) is 0 Å². The van der Waals surface area contributed by atoms with Crippen molar-refractivity contribution in [2.45, 2.75) is 43.2 Å².